The minimum atomic E-state index is -0.380. The molecule has 1 N–H and O–H groups in total. The maximum atomic E-state index is 11.7. The molecule has 0 aliphatic carbocycles. The first-order valence-electron chi connectivity index (χ1n) is 5.94. The van der Waals surface area contributed by atoms with Crippen LogP contribution in [0.15, 0.2) is 4.42 Å². The predicted octanol–water partition coefficient (Wildman–Crippen LogP) is 0.202. The number of methoxy groups -OCH3 is 1. The Morgan fingerprint density at radius 2 is 2.11 bits per heavy atom. The van der Waals surface area contributed by atoms with Crippen molar-refractivity contribution in [3.8, 4) is 0 Å². The van der Waals surface area contributed by atoms with Crippen molar-refractivity contribution in [2.75, 3.05) is 32.1 Å². The Bertz CT molecular complexity index is 432. The van der Waals surface area contributed by atoms with Gasteiger partial charge in [0.05, 0.1) is 20.2 Å². The summed E-state index contributed by atoms with van der Waals surface area (Å²) < 4.78 is 9.61. The molecule has 8 heteroatoms. The number of aryl methyl sites for hydroxylation is 1. The van der Waals surface area contributed by atoms with Crippen LogP contribution in [0.25, 0.3) is 0 Å². The zero-order chi connectivity index (χ0) is 14.3. The molecule has 0 aliphatic heterocycles. The maximum Gasteiger partial charge on any atom is 0.322 e. The van der Waals surface area contributed by atoms with Gasteiger partial charge in [-0.3, -0.25) is 19.8 Å². The zero-order valence-corrected chi connectivity index (χ0v) is 11.3. The molecule has 0 aromatic carbocycles. The van der Waals surface area contributed by atoms with E-state index >= 15 is 0 Å². The van der Waals surface area contributed by atoms with Crippen LogP contribution in [0.3, 0.4) is 0 Å². The zero-order valence-electron chi connectivity index (χ0n) is 11.3. The molecule has 0 spiro atoms. The number of hydrogen-bond acceptors (Lipinski definition) is 7. The Balaban J connectivity index is 2.48. The number of aromatic nitrogens is 2. The molecule has 0 aliphatic rings. The van der Waals surface area contributed by atoms with E-state index in [4.69, 9.17) is 4.42 Å². The summed E-state index contributed by atoms with van der Waals surface area (Å²) in [5.74, 6) is -0.328. The monoisotopic (exact) mass is 270 g/mol. The van der Waals surface area contributed by atoms with Crippen LogP contribution in [0.5, 0.6) is 0 Å². The van der Waals surface area contributed by atoms with E-state index in [-0.39, 0.29) is 31.0 Å². The van der Waals surface area contributed by atoms with Gasteiger partial charge in [0.15, 0.2) is 0 Å². The summed E-state index contributed by atoms with van der Waals surface area (Å²) in [7, 11) is 1.31. The van der Waals surface area contributed by atoms with E-state index in [9.17, 15) is 9.59 Å². The van der Waals surface area contributed by atoms with Crippen molar-refractivity contribution in [1.29, 1.82) is 0 Å². The number of nitrogens with one attached hydrogen (secondary N) is 1. The summed E-state index contributed by atoms with van der Waals surface area (Å²) in [4.78, 5) is 24.6. The van der Waals surface area contributed by atoms with Gasteiger partial charge in [0.1, 0.15) is 0 Å². The van der Waals surface area contributed by atoms with Gasteiger partial charge in [-0.05, 0) is 13.0 Å². The van der Waals surface area contributed by atoms with E-state index in [2.05, 4.69) is 20.3 Å². The summed E-state index contributed by atoms with van der Waals surface area (Å²) in [6.07, 6.45) is 0.823. The van der Waals surface area contributed by atoms with Crippen molar-refractivity contribution in [3.63, 3.8) is 0 Å². The molecule has 1 amide bonds. The second-order valence-electron chi connectivity index (χ2n) is 3.96. The highest BCUT2D eigenvalue weighted by Gasteiger charge is 2.15. The third-order valence-corrected chi connectivity index (χ3v) is 2.26. The van der Waals surface area contributed by atoms with E-state index in [1.807, 2.05) is 6.92 Å². The average Bonchev–Trinajstić information content (AvgIpc) is 2.74. The molecule has 0 unspecified atom stereocenters. The lowest BCUT2D eigenvalue weighted by molar-refractivity contribution is -0.142. The van der Waals surface area contributed by atoms with Gasteiger partial charge in [-0.1, -0.05) is 12.0 Å². The molecule has 0 radical (unpaired) electrons. The molecule has 0 saturated carbocycles. The van der Waals surface area contributed by atoms with Gasteiger partial charge < -0.3 is 9.15 Å². The number of anilines is 1. The molecule has 0 fully saturated rings. The SMILES string of the molecule is CCCN(CC(=O)Nc1nnc(C)o1)CC(=O)OC. The molecule has 1 aromatic heterocycles. The standard InChI is InChI=1S/C11H18N4O4/c1-4-5-15(7-10(17)18-3)6-9(16)12-11-14-13-8(2)19-11/h4-7H2,1-3H3,(H,12,14,16). The fraction of sp³-hybridized carbons (Fsp3) is 0.636. The van der Waals surface area contributed by atoms with Crippen LogP contribution >= 0.6 is 0 Å². The van der Waals surface area contributed by atoms with E-state index in [0.717, 1.165) is 6.42 Å². The number of hydrogen-bond donors (Lipinski definition) is 1. The second kappa shape index (κ2) is 7.47. The Morgan fingerprint density at radius 3 is 2.63 bits per heavy atom. The molecule has 106 valence electrons. The van der Waals surface area contributed by atoms with Gasteiger partial charge in [-0.2, -0.15) is 0 Å². The first kappa shape index (κ1) is 15.1. The third-order valence-electron chi connectivity index (χ3n) is 2.26. The summed E-state index contributed by atoms with van der Waals surface area (Å²) >= 11 is 0. The Labute approximate surface area is 111 Å². The van der Waals surface area contributed by atoms with Crippen LogP contribution < -0.4 is 5.32 Å². The number of carbonyl (C=O) groups excluding carboxylic acids is 2. The normalized spacial score (nSPS) is 10.5. The lowest BCUT2D eigenvalue weighted by atomic mass is 10.4. The largest absolute Gasteiger partial charge is 0.468 e. The predicted molar refractivity (Wildman–Crippen MR) is 66.4 cm³/mol. The number of esters is 1. The quantitative estimate of drug-likeness (QED) is 0.707. The number of nitrogens with zero attached hydrogens (tertiary/aromatic N) is 3. The van der Waals surface area contributed by atoms with Crippen LogP contribution in [-0.4, -0.2) is 53.7 Å². The first-order valence-corrected chi connectivity index (χ1v) is 5.94. The molecule has 1 aromatic rings. The summed E-state index contributed by atoms with van der Waals surface area (Å²) in [5.41, 5.74) is 0. The van der Waals surface area contributed by atoms with Crippen molar-refractivity contribution < 1.29 is 18.7 Å². The van der Waals surface area contributed by atoms with E-state index < -0.39 is 0 Å². The van der Waals surface area contributed by atoms with Crippen molar-refractivity contribution >= 4 is 17.9 Å². The minimum Gasteiger partial charge on any atom is -0.468 e. The average molecular weight is 270 g/mol. The lowest BCUT2D eigenvalue weighted by Crippen LogP contribution is -2.37. The van der Waals surface area contributed by atoms with Crippen LogP contribution in [0, 0.1) is 6.92 Å². The first-order chi connectivity index (χ1) is 9.05. The fourth-order valence-electron chi connectivity index (χ4n) is 1.49. The number of ether oxygens (including phenoxy) is 1. The van der Waals surface area contributed by atoms with Crippen molar-refractivity contribution in [3.05, 3.63) is 5.89 Å². The van der Waals surface area contributed by atoms with E-state index in [0.29, 0.717) is 12.4 Å². The molecule has 8 nitrogen and oxygen atoms in total. The molecule has 0 atom stereocenters. The Morgan fingerprint density at radius 1 is 1.37 bits per heavy atom. The number of amides is 1. The third kappa shape index (κ3) is 5.47. The Kier molecular flexibility index (Phi) is 5.94. The molecule has 19 heavy (non-hydrogen) atoms. The van der Waals surface area contributed by atoms with Crippen molar-refractivity contribution in [2.24, 2.45) is 0 Å². The van der Waals surface area contributed by atoms with Crippen molar-refractivity contribution in [1.82, 2.24) is 15.1 Å². The maximum absolute atomic E-state index is 11.7. The van der Waals surface area contributed by atoms with Gasteiger partial charge in [0.2, 0.25) is 11.8 Å². The van der Waals surface area contributed by atoms with Gasteiger partial charge in [-0.15, -0.1) is 5.10 Å². The molecule has 1 heterocycles. The topological polar surface area (TPSA) is 97.6 Å². The van der Waals surface area contributed by atoms with Crippen molar-refractivity contribution in [2.45, 2.75) is 20.3 Å². The Hall–Kier alpha value is -1.96. The van der Waals surface area contributed by atoms with E-state index in [1.54, 1.807) is 11.8 Å². The molecular weight excluding hydrogens is 252 g/mol. The summed E-state index contributed by atoms with van der Waals surface area (Å²) in [5, 5.41) is 9.72. The second-order valence-corrected chi connectivity index (χ2v) is 3.96. The lowest BCUT2D eigenvalue weighted by Gasteiger charge is -2.18. The van der Waals surface area contributed by atoms with E-state index in [1.165, 1.54) is 7.11 Å². The molecule has 0 saturated heterocycles. The van der Waals surface area contributed by atoms with Crippen LogP contribution in [-0.2, 0) is 14.3 Å². The van der Waals surface area contributed by atoms with Gasteiger partial charge in [0.25, 0.3) is 0 Å². The summed E-state index contributed by atoms with van der Waals surface area (Å²) in [6.45, 7) is 4.34. The van der Waals surface area contributed by atoms with Gasteiger partial charge in [-0.25, -0.2) is 0 Å². The smallest absolute Gasteiger partial charge is 0.322 e. The molecular formula is C11H18N4O4. The van der Waals surface area contributed by atoms with Gasteiger partial charge in [0, 0.05) is 6.92 Å². The van der Waals surface area contributed by atoms with Crippen LogP contribution in [0.1, 0.15) is 19.2 Å². The number of carbonyl (C=O) groups is 2. The highest BCUT2D eigenvalue weighted by molar-refractivity contribution is 5.90. The van der Waals surface area contributed by atoms with Crippen LogP contribution in [0.2, 0.25) is 0 Å². The summed E-state index contributed by atoms with van der Waals surface area (Å²) in [6, 6.07) is 0.0528. The molecule has 0 bridgehead atoms. The number of rotatable bonds is 7. The molecule has 1 rings (SSSR count). The van der Waals surface area contributed by atoms with Crippen LogP contribution in [0.4, 0.5) is 6.01 Å². The highest BCUT2D eigenvalue weighted by atomic mass is 16.5. The fourth-order valence-corrected chi connectivity index (χ4v) is 1.49. The minimum absolute atomic E-state index is 0.0528. The van der Waals surface area contributed by atoms with Gasteiger partial charge >= 0.3 is 12.0 Å². The highest BCUT2D eigenvalue weighted by Crippen LogP contribution is 2.03.